The Morgan fingerprint density at radius 1 is 1.73 bits per heavy atom. The molecule has 1 atom stereocenters. The SMILES string of the molecule is COC1(CC#N)CCCNC1. The second kappa shape index (κ2) is 3.70. The zero-order valence-corrected chi connectivity index (χ0v) is 6.89. The first-order chi connectivity index (χ1) is 5.33. The molecule has 0 aromatic rings. The minimum atomic E-state index is -0.201. The van der Waals surface area contributed by atoms with Crippen LogP contribution in [0.2, 0.25) is 0 Å². The summed E-state index contributed by atoms with van der Waals surface area (Å²) < 4.78 is 5.33. The fourth-order valence-electron chi connectivity index (χ4n) is 1.48. The van der Waals surface area contributed by atoms with Crippen molar-refractivity contribution < 1.29 is 4.74 Å². The first-order valence-electron chi connectivity index (χ1n) is 3.96. The molecular weight excluding hydrogens is 140 g/mol. The van der Waals surface area contributed by atoms with E-state index in [1.54, 1.807) is 7.11 Å². The molecule has 1 fully saturated rings. The second-order valence-corrected chi connectivity index (χ2v) is 3.00. The monoisotopic (exact) mass is 154 g/mol. The van der Waals surface area contributed by atoms with Gasteiger partial charge in [0, 0.05) is 13.7 Å². The molecule has 0 spiro atoms. The molecule has 1 aliphatic heterocycles. The number of rotatable bonds is 2. The Bertz CT molecular complexity index is 156. The summed E-state index contributed by atoms with van der Waals surface area (Å²) in [6.07, 6.45) is 2.61. The number of nitrogens with one attached hydrogen (secondary N) is 1. The van der Waals surface area contributed by atoms with Crippen molar-refractivity contribution in [2.24, 2.45) is 0 Å². The summed E-state index contributed by atoms with van der Waals surface area (Å²) in [5.74, 6) is 0. The summed E-state index contributed by atoms with van der Waals surface area (Å²) in [6.45, 7) is 1.87. The highest BCUT2D eigenvalue weighted by Gasteiger charge is 2.31. The smallest absolute Gasteiger partial charge is 0.0932 e. The molecule has 0 aromatic heterocycles. The topological polar surface area (TPSA) is 45.0 Å². The zero-order chi connectivity index (χ0) is 8.16. The molecule has 0 aliphatic carbocycles. The summed E-state index contributed by atoms with van der Waals surface area (Å²) in [4.78, 5) is 0. The second-order valence-electron chi connectivity index (χ2n) is 3.00. The van der Waals surface area contributed by atoms with E-state index >= 15 is 0 Å². The molecule has 1 heterocycles. The van der Waals surface area contributed by atoms with Crippen LogP contribution < -0.4 is 5.32 Å². The summed E-state index contributed by atoms with van der Waals surface area (Å²) in [6, 6.07) is 2.16. The van der Waals surface area contributed by atoms with E-state index in [1.807, 2.05) is 0 Å². The maximum atomic E-state index is 8.56. The Morgan fingerprint density at radius 3 is 3.00 bits per heavy atom. The number of ether oxygens (including phenoxy) is 1. The van der Waals surface area contributed by atoms with Crippen molar-refractivity contribution in [3.05, 3.63) is 0 Å². The molecule has 3 nitrogen and oxygen atoms in total. The van der Waals surface area contributed by atoms with Crippen LogP contribution in [0, 0.1) is 11.3 Å². The lowest BCUT2D eigenvalue weighted by Crippen LogP contribution is -2.46. The van der Waals surface area contributed by atoms with Crippen LogP contribution in [0.15, 0.2) is 0 Å². The van der Waals surface area contributed by atoms with Crippen LogP contribution in [0.4, 0.5) is 0 Å². The van der Waals surface area contributed by atoms with Gasteiger partial charge in [0.1, 0.15) is 0 Å². The Morgan fingerprint density at radius 2 is 2.55 bits per heavy atom. The Balaban J connectivity index is 2.51. The van der Waals surface area contributed by atoms with Crippen LogP contribution in [-0.2, 0) is 4.74 Å². The minimum absolute atomic E-state index is 0.201. The lowest BCUT2D eigenvalue weighted by molar-refractivity contribution is -0.0243. The number of piperidine rings is 1. The Hall–Kier alpha value is -0.590. The van der Waals surface area contributed by atoms with E-state index < -0.39 is 0 Å². The molecule has 62 valence electrons. The van der Waals surface area contributed by atoms with E-state index in [0.717, 1.165) is 25.9 Å². The first kappa shape index (κ1) is 8.51. The third kappa shape index (κ3) is 1.92. The normalized spacial score (nSPS) is 31.3. The van der Waals surface area contributed by atoms with Gasteiger partial charge in [-0.2, -0.15) is 5.26 Å². The van der Waals surface area contributed by atoms with Gasteiger partial charge in [-0.1, -0.05) is 0 Å². The predicted octanol–water partition coefficient (Wildman–Crippen LogP) is 0.669. The van der Waals surface area contributed by atoms with Crippen LogP contribution in [0.1, 0.15) is 19.3 Å². The molecule has 11 heavy (non-hydrogen) atoms. The summed E-state index contributed by atoms with van der Waals surface area (Å²) in [7, 11) is 1.68. The number of nitrogens with zero attached hydrogens (tertiary/aromatic N) is 1. The number of nitriles is 1. The van der Waals surface area contributed by atoms with Crippen molar-refractivity contribution >= 4 is 0 Å². The number of hydrogen-bond donors (Lipinski definition) is 1. The van der Waals surface area contributed by atoms with Gasteiger partial charge in [0.05, 0.1) is 18.1 Å². The molecule has 0 aromatic carbocycles. The minimum Gasteiger partial charge on any atom is -0.376 e. The molecule has 0 bridgehead atoms. The lowest BCUT2D eigenvalue weighted by Gasteiger charge is -2.34. The van der Waals surface area contributed by atoms with Crippen LogP contribution in [0.5, 0.6) is 0 Å². The maximum Gasteiger partial charge on any atom is 0.0932 e. The molecule has 0 radical (unpaired) electrons. The third-order valence-electron chi connectivity index (χ3n) is 2.27. The van der Waals surface area contributed by atoms with E-state index in [1.165, 1.54) is 0 Å². The largest absolute Gasteiger partial charge is 0.376 e. The zero-order valence-electron chi connectivity index (χ0n) is 6.89. The van der Waals surface area contributed by atoms with Gasteiger partial charge in [0.15, 0.2) is 0 Å². The van der Waals surface area contributed by atoms with Crippen molar-refractivity contribution in [1.82, 2.24) is 5.32 Å². The van der Waals surface area contributed by atoms with Crippen molar-refractivity contribution in [2.45, 2.75) is 24.9 Å². The van der Waals surface area contributed by atoms with Gasteiger partial charge >= 0.3 is 0 Å². The molecule has 0 saturated carbocycles. The number of hydrogen-bond acceptors (Lipinski definition) is 3. The molecule has 1 N–H and O–H groups in total. The molecule has 1 unspecified atom stereocenters. The quantitative estimate of drug-likeness (QED) is 0.635. The van der Waals surface area contributed by atoms with Crippen molar-refractivity contribution in [1.29, 1.82) is 5.26 Å². The molecular formula is C8H14N2O. The van der Waals surface area contributed by atoms with E-state index in [4.69, 9.17) is 10.00 Å². The fraction of sp³-hybridized carbons (Fsp3) is 0.875. The fourth-order valence-corrected chi connectivity index (χ4v) is 1.48. The first-order valence-corrected chi connectivity index (χ1v) is 3.96. The van der Waals surface area contributed by atoms with Gasteiger partial charge in [0.2, 0.25) is 0 Å². The third-order valence-corrected chi connectivity index (χ3v) is 2.27. The molecule has 0 amide bonds. The summed E-state index contributed by atoms with van der Waals surface area (Å²) in [5, 5.41) is 11.8. The van der Waals surface area contributed by atoms with Gasteiger partial charge in [0.25, 0.3) is 0 Å². The summed E-state index contributed by atoms with van der Waals surface area (Å²) in [5.41, 5.74) is -0.201. The van der Waals surface area contributed by atoms with Gasteiger partial charge in [-0.15, -0.1) is 0 Å². The van der Waals surface area contributed by atoms with Crippen LogP contribution in [0.3, 0.4) is 0 Å². The van der Waals surface area contributed by atoms with Crippen molar-refractivity contribution in [3.63, 3.8) is 0 Å². The molecule has 1 rings (SSSR count). The van der Waals surface area contributed by atoms with E-state index in [0.29, 0.717) is 6.42 Å². The van der Waals surface area contributed by atoms with Crippen LogP contribution in [0.25, 0.3) is 0 Å². The molecule has 1 aliphatic rings. The van der Waals surface area contributed by atoms with Gasteiger partial charge in [-0.25, -0.2) is 0 Å². The van der Waals surface area contributed by atoms with Crippen LogP contribution in [-0.4, -0.2) is 25.8 Å². The Labute approximate surface area is 67.3 Å². The average Bonchev–Trinajstić information content (AvgIpc) is 2.07. The van der Waals surface area contributed by atoms with Gasteiger partial charge in [-0.3, -0.25) is 0 Å². The van der Waals surface area contributed by atoms with Crippen LogP contribution >= 0.6 is 0 Å². The highest BCUT2D eigenvalue weighted by molar-refractivity contribution is 4.94. The molecule has 1 saturated heterocycles. The maximum absolute atomic E-state index is 8.56. The van der Waals surface area contributed by atoms with Crippen molar-refractivity contribution in [2.75, 3.05) is 20.2 Å². The van der Waals surface area contributed by atoms with Gasteiger partial charge < -0.3 is 10.1 Å². The van der Waals surface area contributed by atoms with E-state index in [9.17, 15) is 0 Å². The average molecular weight is 154 g/mol. The highest BCUT2D eigenvalue weighted by atomic mass is 16.5. The van der Waals surface area contributed by atoms with E-state index in [-0.39, 0.29) is 5.60 Å². The number of methoxy groups -OCH3 is 1. The van der Waals surface area contributed by atoms with E-state index in [2.05, 4.69) is 11.4 Å². The van der Waals surface area contributed by atoms with Crippen molar-refractivity contribution in [3.8, 4) is 6.07 Å². The molecule has 3 heteroatoms. The Kier molecular flexibility index (Phi) is 2.86. The lowest BCUT2D eigenvalue weighted by atomic mass is 9.91. The van der Waals surface area contributed by atoms with Gasteiger partial charge in [-0.05, 0) is 19.4 Å². The predicted molar refractivity (Wildman–Crippen MR) is 42.1 cm³/mol. The highest BCUT2D eigenvalue weighted by Crippen LogP contribution is 2.22. The standard InChI is InChI=1S/C8H14N2O/c1-11-8(4-5-9)3-2-6-10-7-8/h10H,2-4,6-7H2,1H3. The summed E-state index contributed by atoms with van der Waals surface area (Å²) >= 11 is 0.